The summed E-state index contributed by atoms with van der Waals surface area (Å²) in [6.07, 6.45) is -0.427. The fourth-order valence-electron chi connectivity index (χ4n) is 2.28. The number of hydrogen-bond donors (Lipinski definition) is 0. The number of carbonyl (C=O) groups excluding carboxylic acids is 1. The second-order valence-corrected chi connectivity index (χ2v) is 6.12. The maximum Gasteiger partial charge on any atom is 0.410 e. The van der Waals surface area contributed by atoms with Gasteiger partial charge in [0.2, 0.25) is 0 Å². The predicted octanol–water partition coefficient (Wildman–Crippen LogP) is 3.24. The van der Waals surface area contributed by atoms with Crippen LogP contribution in [0.3, 0.4) is 0 Å². The summed E-state index contributed by atoms with van der Waals surface area (Å²) >= 11 is 0. The molecule has 0 saturated carbocycles. The van der Waals surface area contributed by atoms with Gasteiger partial charge in [-0.05, 0) is 44.9 Å². The number of nitrogens with zero attached hydrogens (tertiary/aromatic N) is 2. The highest BCUT2D eigenvalue weighted by molar-refractivity contribution is 5.70. The first-order chi connectivity index (χ1) is 10.2. The lowest BCUT2D eigenvalue weighted by molar-refractivity contribution is -0.385. The molecule has 0 spiro atoms. The first-order valence-corrected chi connectivity index (χ1v) is 7.12. The van der Waals surface area contributed by atoms with Gasteiger partial charge in [0.25, 0.3) is 0 Å². The zero-order valence-electron chi connectivity index (χ0n) is 13.2. The van der Waals surface area contributed by atoms with E-state index in [1.807, 2.05) is 0 Å². The molecule has 1 aromatic rings. The van der Waals surface area contributed by atoms with Crippen LogP contribution in [0.15, 0.2) is 12.1 Å². The van der Waals surface area contributed by atoms with Crippen LogP contribution in [-0.4, -0.2) is 28.1 Å². The zero-order chi connectivity index (χ0) is 16.5. The molecule has 0 atom stereocenters. The minimum atomic E-state index is -0.575. The average molecular weight is 308 g/mol. The van der Waals surface area contributed by atoms with Gasteiger partial charge in [0.1, 0.15) is 5.60 Å². The van der Waals surface area contributed by atoms with E-state index in [0.717, 1.165) is 11.1 Å². The number of nitro groups is 1. The predicted molar refractivity (Wildman–Crippen MR) is 79.7 cm³/mol. The van der Waals surface area contributed by atoms with Crippen LogP contribution in [0.1, 0.15) is 38.8 Å². The first-order valence-electron chi connectivity index (χ1n) is 7.12. The maximum atomic E-state index is 12.1. The van der Waals surface area contributed by atoms with Gasteiger partial charge in [0.15, 0.2) is 5.75 Å². The van der Waals surface area contributed by atoms with E-state index >= 15 is 0 Å². The Balaban J connectivity index is 2.23. The standard InChI is InChI=1S/C15H20N2O5/c1-5-21-13-7-11-9-16(14(18)22-15(2,3)4)8-10(11)6-12(13)17(19)20/h6-7H,5,8-9H2,1-4H3. The third kappa shape index (κ3) is 3.47. The normalized spacial score (nSPS) is 13.7. The second-order valence-electron chi connectivity index (χ2n) is 6.12. The third-order valence-corrected chi connectivity index (χ3v) is 3.15. The van der Waals surface area contributed by atoms with Gasteiger partial charge in [-0.15, -0.1) is 0 Å². The molecule has 0 aromatic heterocycles. The van der Waals surface area contributed by atoms with E-state index in [9.17, 15) is 14.9 Å². The molecule has 1 aliphatic rings. The summed E-state index contributed by atoms with van der Waals surface area (Å²) in [6, 6.07) is 3.12. The maximum absolute atomic E-state index is 12.1. The largest absolute Gasteiger partial charge is 0.487 e. The fraction of sp³-hybridized carbons (Fsp3) is 0.533. The molecule has 1 aromatic carbocycles. The summed E-state index contributed by atoms with van der Waals surface area (Å²) in [5, 5.41) is 11.1. The van der Waals surface area contributed by atoms with Gasteiger partial charge in [-0.25, -0.2) is 4.79 Å². The van der Waals surface area contributed by atoms with Crippen molar-refractivity contribution in [1.82, 2.24) is 4.90 Å². The van der Waals surface area contributed by atoms with Crippen LogP contribution in [0.25, 0.3) is 0 Å². The van der Waals surface area contributed by atoms with Crippen molar-refractivity contribution in [2.45, 2.75) is 46.4 Å². The topological polar surface area (TPSA) is 81.9 Å². The monoisotopic (exact) mass is 308 g/mol. The molecule has 0 radical (unpaired) electrons. The van der Waals surface area contributed by atoms with Crippen molar-refractivity contribution >= 4 is 11.8 Å². The summed E-state index contributed by atoms with van der Waals surface area (Å²) in [5.41, 5.74) is 0.946. The summed E-state index contributed by atoms with van der Waals surface area (Å²) in [5.74, 6) is 0.234. The quantitative estimate of drug-likeness (QED) is 0.632. The summed E-state index contributed by atoms with van der Waals surface area (Å²) in [4.78, 5) is 24.3. The number of carbonyl (C=O) groups is 1. The molecular weight excluding hydrogens is 288 g/mol. The number of amides is 1. The Morgan fingerprint density at radius 1 is 1.32 bits per heavy atom. The van der Waals surface area contributed by atoms with Crippen molar-refractivity contribution in [3.05, 3.63) is 33.4 Å². The summed E-state index contributed by atoms with van der Waals surface area (Å²) in [7, 11) is 0. The van der Waals surface area contributed by atoms with Crippen molar-refractivity contribution in [2.75, 3.05) is 6.61 Å². The Morgan fingerprint density at radius 2 is 1.91 bits per heavy atom. The van der Waals surface area contributed by atoms with Crippen LogP contribution >= 0.6 is 0 Å². The highest BCUT2D eigenvalue weighted by Crippen LogP contribution is 2.35. The molecule has 120 valence electrons. The highest BCUT2D eigenvalue weighted by atomic mass is 16.6. The Morgan fingerprint density at radius 3 is 2.41 bits per heavy atom. The van der Waals surface area contributed by atoms with Gasteiger partial charge in [0.05, 0.1) is 11.5 Å². The van der Waals surface area contributed by atoms with E-state index in [1.54, 1.807) is 33.8 Å². The van der Waals surface area contributed by atoms with Crippen LogP contribution in [0.5, 0.6) is 5.75 Å². The minimum absolute atomic E-state index is 0.0772. The minimum Gasteiger partial charge on any atom is -0.487 e. The van der Waals surface area contributed by atoms with Gasteiger partial charge in [0, 0.05) is 19.2 Å². The van der Waals surface area contributed by atoms with Gasteiger partial charge in [-0.2, -0.15) is 0 Å². The Bertz CT molecular complexity index is 607. The molecule has 0 fully saturated rings. The van der Waals surface area contributed by atoms with Crippen LogP contribution in [0.2, 0.25) is 0 Å². The lowest BCUT2D eigenvalue weighted by Gasteiger charge is -2.24. The molecule has 0 saturated heterocycles. The lowest BCUT2D eigenvalue weighted by atomic mass is 10.1. The van der Waals surface area contributed by atoms with E-state index in [2.05, 4.69) is 0 Å². The molecule has 1 heterocycles. The fourth-order valence-corrected chi connectivity index (χ4v) is 2.28. The number of ether oxygens (including phenoxy) is 2. The molecular formula is C15H20N2O5. The number of hydrogen-bond acceptors (Lipinski definition) is 5. The Labute approximate surface area is 129 Å². The number of benzene rings is 1. The van der Waals surface area contributed by atoms with Crippen molar-refractivity contribution in [2.24, 2.45) is 0 Å². The van der Waals surface area contributed by atoms with E-state index < -0.39 is 16.6 Å². The van der Waals surface area contributed by atoms with Gasteiger partial charge >= 0.3 is 11.8 Å². The van der Waals surface area contributed by atoms with Crippen molar-refractivity contribution in [3.63, 3.8) is 0 Å². The molecule has 7 nitrogen and oxygen atoms in total. The Kier molecular flexibility index (Phi) is 4.25. The van der Waals surface area contributed by atoms with E-state index in [0.29, 0.717) is 19.7 Å². The first kappa shape index (κ1) is 16.1. The highest BCUT2D eigenvalue weighted by Gasteiger charge is 2.30. The second kappa shape index (κ2) is 5.82. The summed E-state index contributed by atoms with van der Waals surface area (Å²) < 4.78 is 10.7. The van der Waals surface area contributed by atoms with Crippen LogP contribution in [-0.2, 0) is 17.8 Å². The molecule has 0 aliphatic carbocycles. The van der Waals surface area contributed by atoms with Crippen molar-refractivity contribution < 1.29 is 19.2 Å². The summed E-state index contributed by atoms with van der Waals surface area (Å²) in [6.45, 7) is 8.17. The van der Waals surface area contributed by atoms with Crippen LogP contribution in [0, 0.1) is 10.1 Å². The smallest absolute Gasteiger partial charge is 0.410 e. The number of rotatable bonds is 3. The van der Waals surface area contributed by atoms with Gasteiger partial charge < -0.3 is 9.47 Å². The SMILES string of the molecule is CCOc1cc2c(cc1[N+](=O)[O-])CN(C(=O)OC(C)(C)C)C2. The molecule has 0 unspecified atom stereocenters. The van der Waals surface area contributed by atoms with E-state index in [1.165, 1.54) is 11.0 Å². The number of nitro benzene ring substituents is 1. The van der Waals surface area contributed by atoms with E-state index in [-0.39, 0.29) is 11.4 Å². The average Bonchev–Trinajstić information content (AvgIpc) is 2.79. The molecule has 2 rings (SSSR count). The number of fused-ring (bicyclic) bond motifs is 1. The molecule has 1 aliphatic heterocycles. The molecule has 1 amide bonds. The molecule has 0 N–H and O–H groups in total. The lowest BCUT2D eigenvalue weighted by Crippen LogP contribution is -2.33. The molecule has 22 heavy (non-hydrogen) atoms. The zero-order valence-corrected chi connectivity index (χ0v) is 13.2. The molecule has 0 bridgehead atoms. The van der Waals surface area contributed by atoms with E-state index in [4.69, 9.17) is 9.47 Å². The van der Waals surface area contributed by atoms with Crippen LogP contribution in [0.4, 0.5) is 10.5 Å². The third-order valence-electron chi connectivity index (χ3n) is 3.15. The molecule has 7 heteroatoms. The Hall–Kier alpha value is -2.31. The van der Waals surface area contributed by atoms with Crippen molar-refractivity contribution in [1.29, 1.82) is 0 Å². The van der Waals surface area contributed by atoms with Gasteiger partial charge in [-0.3, -0.25) is 15.0 Å². The van der Waals surface area contributed by atoms with Crippen LogP contribution < -0.4 is 4.74 Å². The van der Waals surface area contributed by atoms with Gasteiger partial charge in [-0.1, -0.05) is 0 Å². The van der Waals surface area contributed by atoms with Crippen molar-refractivity contribution in [3.8, 4) is 5.75 Å².